The summed E-state index contributed by atoms with van der Waals surface area (Å²) in [5.41, 5.74) is 0.877. The predicted molar refractivity (Wildman–Crippen MR) is 81.0 cm³/mol. The lowest BCUT2D eigenvalue weighted by Crippen LogP contribution is -2.40. The molecule has 0 spiro atoms. The summed E-state index contributed by atoms with van der Waals surface area (Å²) in [5, 5.41) is 10.6. The highest BCUT2D eigenvalue weighted by Crippen LogP contribution is 2.26. The van der Waals surface area contributed by atoms with Gasteiger partial charge in [-0.15, -0.1) is 0 Å². The number of benzene rings is 1. The molecule has 0 bridgehead atoms. The zero-order valence-corrected chi connectivity index (χ0v) is 12.6. The van der Waals surface area contributed by atoms with Crippen molar-refractivity contribution in [2.24, 2.45) is 5.92 Å². The maximum Gasteiger partial charge on any atom is 0.269 e. The molecule has 0 aliphatic heterocycles. The van der Waals surface area contributed by atoms with Crippen LogP contribution >= 0.6 is 0 Å². The smallest absolute Gasteiger partial charge is 0.269 e. The minimum atomic E-state index is -0.430. The van der Waals surface area contributed by atoms with E-state index in [2.05, 4.69) is 6.92 Å². The molecule has 1 aromatic rings. The van der Waals surface area contributed by atoms with Crippen molar-refractivity contribution in [2.75, 3.05) is 7.05 Å². The molecule has 1 amide bonds. The Morgan fingerprint density at radius 2 is 1.81 bits per heavy atom. The quantitative estimate of drug-likeness (QED) is 0.632. The average Bonchev–Trinajstić information content (AvgIpc) is 2.47. The maximum atomic E-state index is 12.3. The molecule has 114 valence electrons. The summed E-state index contributed by atoms with van der Waals surface area (Å²) >= 11 is 0. The van der Waals surface area contributed by atoms with E-state index in [0.717, 1.165) is 24.3 Å². The third kappa shape index (κ3) is 4.03. The average molecular weight is 290 g/mol. The third-order valence-electron chi connectivity index (χ3n) is 4.43. The lowest BCUT2D eigenvalue weighted by Gasteiger charge is -2.33. The molecule has 0 aromatic heterocycles. The number of nitro benzene ring substituents is 1. The van der Waals surface area contributed by atoms with Crippen LogP contribution in [0.2, 0.25) is 0 Å². The van der Waals surface area contributed by atoms with E-state index >= 15 is 0 Å². The lowest BCUT2D eigenvalue weighted by atomic mass is 9.86. The van der Waals surface area contributed by atoms with Crippen LogP contribution in [0.5, 0.6) is 0 Å². The lowest BCUT2D eigenvalue weighted by molar-refractivity contribution is -0.384. The molecule has 0 unspecified atom stereocenters. The first-order valence-corrected chi connectivity index (χ1v) is 7.46. The second-order valence-electron chi connectivity index (χ2n) is 6.02. The van der Waals surface area contributed by atoms with Crippen LogP contribution in [0.15, 0.2) is 24.3 Å². The Morgan fingerprint density at radius 1 is 1.24 bits per heavy atom. The molecule has 0 heterocycles. The first-order chi connectivity index (χ1) is 9.97. The van der Waals surface area contributed by atoms with Crippen LogP contribution in [0.4, 0.5) is 5.69 Å². The first-order valence-electron chi connectivity index (χ1n) is 7.46. The number of rotatable bonds is 4. The van der Waals surface area contributed by atoms with E-state index in [1.807, 2.05) is 11.9 Å². The summed E-state index contributed by atoms with van der Waals surface area (Å²) in [6.07, 6.45) is 4.81. The molecule has 1 aromatic carbocycles. The van der Waals surface area contributed by atoms with Gasteiger partial charge in [-0.25, -0.2) is 0 Å². The molecule has 0 N–H and O–H groups in total. The van der Waals surface area contributed by atoms with Crippen molar-refractivity contribution in [3.05, 3.63) is 39.9 Å². The first kappa shape index (κ1) is 15.5. The number of nitrogens with zero attached hydrogens (tertiary/aromatic N) is 2. The molecule has 1 fully saturated rings. The molecule has 1 saturated carbocycles. The Labute approximate surface area is 125 Å². The Kier molecular flexibility index (Phi) is 4.94. The van der Waals surface area contributed by atoms with Crippen LogP contribution < -0.4 is 0 Å². The minimum Gasteiger partial charge on any atom is -0.342 e. The van der Waals surface area contributed by atoms with Gasteiger partial charge in [0.05, 0.1) is 11.3 Å². The van der Waals surface area contributed by atoms with Crippen molar-refractivity contribution in [3.8, 4) is 0 Å². The van der Waals surface area contributed by atoms with Crippen LogP contribution in [0, 0.1) is 16.0 Å². The molecule has 21 heavy (non-hydrogen) atoms. The van der Waals surface area contributed by atoms with E-state index in [0.29, 0.717) is 12.5 Å². The monoisotopic (exact) mass is 290 g/mol. The number of non-ortho nitro benzene ring substituents is 1. The molecule has 0 radical (unpaired) electrons. The molecule has 5 heteroatoms. The van der Waals surface area contributed by atoms with Crippen molar-refractivity contribution >= 4 is 11.6 Å². The fraction of sp³-hybridized carbons (Fsp3) is 0.562. The fourth-order valence-corrected chi connectivity index (χ4v) is 2.87. The summed E-state index contributed by atoms with van der Waals surface area (Å²) in [6.45, 7) is 2.26. The second-order valence-corrected chi connectivity index (χ2v) is 6.02. The Bertz CT molecular complexity index is 505. The van der Waals surface area contributed by atoms with Gasteiger partial charge in [-0.1, -0.05) is 19.1 Å². The zero-order valence-electron chi connectivity index (χ0n) is 12.6. The normalized spacial score (nSPS) is 21.8. The zero-order chi connectivity index (χ0) is 15.4. The molecule has 0 atom stereocenters. The summed E-state index contributed by atoms with van der Waals surface area (Å²) in [5.74, 6) is 0.850. The SMILES string of the molecule is CC1CCC(N(C)C(=O)Cc2ccc([N+](=O)[O-])cc2)CC1. The van der Waals surface area contributed by atoms with Gasteiger partial charge in [-0.05, 0) is 37.2 Å². The predicted octanol–water partition coefficient (Wildman–Crippen LogP) is 3.17. The van der Waals surface area contributed by atoms with E-state index in [1.54, 1.807) is 12.1 Å². The van der Waals surface area contributed by atoms with Gasteiger partial charge in [0, 0.05) is 25.2 Å². The van der Waals surface area contributed by atoms with Crippen LogP contribution in [0.25, 0.3) is 0 Å². The van der Waals surface area contributed by atoms with Gasteiger partial charge in [0.1, 0.15) is 0 Å². The fourth-order valence-electron chi connectivity index (χ4n) is 2.87. The molecular weight excluding hydrogens is 268 g/mol. The Morgan fingerprint density at radius 3 is 2.33 bits per heavy atom. The standard InChI is InChI=1S/C16H22N2O3/c1-12-3-7-14(8-4-12)17(2)16(19)11-13-5-9-15(10-6-13)18(20)21/h5-6,9-10,12,14H,3-4,7-8,11H2,1-2H3. The van der Waals surface area contributed by atoms with Gasteiger partial charge in [-0.2, -0.15) is 0 Å². The minimum absolute atomic E-state index is 0.0563. The number of hydrogen-bond acceptors (Lipinski definition) is 3. The van der Waals surface area contributed by atoms with Gasteiger partial charge < -0.3 is 4.90 Å². The van der Waals surface area contributed by atoms with Crippen LogP contribution in [0.3, 0.4) is 0 Å². The number of hydrogen-bond donors (Lipinski definition) is 0. The number of likely N-dealkylation sites (N-methyl/N-ethyl adjacent to an activating group) is 1. The second kappa shape index (κ2) is 6.70. The molecule has 1 aliphatic rings. The van der Waals surface area contributed by atoms with Gasteiger partial charge in [0.25, 0.3) is 5.69 Å². The van der Waals surface area contributed by atoms with E-state index in [1.165, 1.54) is 25.0 Å². The summed E-state index contributed by atoms with van der Waals surface area (Å²) in [4.78, 5) is 24.3. The van der Waals surface area contributed by atoms with E-state index in [4.69, 9.17) is 0 Å². The highest BCUT2D eigenvalue weighted by atomic mass is 16.6. The van der Waals surface area contributed by atoms with Crippen LogP contribution in [0.1, 0.15) is 38.2 Å². The van der Waals surface area contributed by atoms with Gasteiger partial charge in [-0.3, -0.25) is 14.9 Å². The molecule has 5 nitrogen and oxygen atoms in total. The van der Waals surface area contributed by atoms with Crippen LogP contribution in [-0.4, -0.2) is 28.8 Å². The molecular formula is C16H22N2O3. The summed E-state index contributed by atoms with van der Waals surface area (Å²) in [6, 6.07) is 6.56. The third-order valence-corrected chi connectivity index (χ3v) is 4.43. The topological polar surface area (TPSA) is 63.5 Å². The number of nitro groups is 1. The summed E-state index contributed by atoms with van der Waals surface area (Å²) < 4.78 is 0. The van der Waals surface area contributed by atoms with Crippen molar-refractivity contribution in [1.29, 1.82) is 0 Å². The van der Waals surface area contributed by atoms with E-state index in [9.17, 15) is 14.9 Å². The van der Waals surface area contributed by atoms with Crippen molar-refractivity contribution in [3.63, 3.8) is 0 Å². The molecule has 0 saturated heterocycles. The largest absolute Gasteiger partial charge is 0.342 e. The Balaban J connectivity index is 1.92. The highest BCUT2D eigenvalue weighted by Gasteiger charge is 2.24. The van der Waals surface area contributed by atoms with E-state index in [-0.39, 0.29) is 11.6 Å². The van der Waals surface area contributed by atoms with E-state index < -0.39 is 4.92 Å². The van der Waals surface area contributed by atoms with Crippen molar-refractivity contribution < 1.29 is 9.72 Å². The van der Waals surface area contributed by atoms with Gasteiger partial charge in [0.2, 0.25) is 5.91 Å². The molecule has 1 aliphatic carbocycles. The van der Waals surface area contributed by atoms with Crippen molar-refractivity contribution in [2.45, 2.75) is 45.1 Å². The maximum absolute atomic E-state index is 12.3. The van der Waals surface area contributed by atoms with Crippen LogP contribution in [-0.2, 0) is 11.2 Å². The number of carbonyl (C=O) groups is 1. The number of amides is 1. The number of carbonyl (C=O) groups excluding carboxylic acids is 1. The van der Waals surface area contributed by atoms with Gasteiger partial charge >= 0.3 is 0 Å². The summed E-state index contributed by atoms with van der Waals surface area (Å²) in [7, 11) is 1.87. The Hall–Kier alpha value is -1.91. The van der Waals surface area contributed by atoms with Crippen molar-refractivity contribution in [1.82, 2.24) is 4.90 Å². The van der Waals surface area contributed by atoms with Gasteiger partial charge in [0.15, 0.2) is 0 Å². The highest BCUT2D eigenvalue weighted by molar-refractivity contribution is 5.78. The molecule has 2 rings (SSSR count).